The van der Waals surface area contributed by atoms with E-state index < -0.39 is 10.0 Å². The minimum absolute atomic E-state index is 0.0484. The molecule has 4 aromatic rings. The molecule has 4 rings (SSSR count). The smallest absolute Gasteiger partial charge is 0.231 e. The van der Waals surface area contributed by atoms with Crippen LogP contribution in [0.3, 0.4) is 0 Å². The number of hydrogen-bond acceptors (Lipinski definition) is 4. The number of aromatic amines is 1. The van der Waals surface area contributed by atoms with Crippen LogP contribution in [0.5, 0.6) is 5.88 Å². The van der Waals surface area contributed by atoms with Gasteiger partial charge in [-0.15, -0.1) is 0 Å². The highest BCUT2D eigenvalue weighted by Crippen LogP contribution is 2.31. The Labute approximate surface area is 175 Å². The van der Waals surface area contributed by atoms with E-state index in [1.54, 1.807) is 24.3 Å². The molecule has 0 amide bonds. The fourth-order valence-electron chi connectivity index (χ4n) is 3.29. The minimum Gasteiger partial charge on any atom is -0.494 e. The molecule has 0 aliphatic rings. The van der Waals surface area contributed by atoms with Gasteiger partial charge in [0.05, 0.1) is 28.9 Å². The fraction of sp³-hybridized carbons (Fsp3) is 0.0870. The van der Waals surface area contributed by atoms with Crippen molar-refractivity contribution in [2.45, 2.75) is 0 Å². The highest BCUT2D eigenvalue weighted by molar-refractivity contribution is 7.92. The summed E-state index contributed by atoms with van der Waals surface area (Å²) in [6.07, 6.45) is 1.16. The number of aromatic hydroxyl groups is 1. The third-order valence-electron chi connectivity index (χ3n) is 4.92. The summed E-state index contributed by atoms with van der Waals surface area (Å²) in [5, 5.41) is 11.5. The maximum atomic E-state index is 11.8. The summed E-state index contributed by atoms with van der Waals surface area (Å²) in [5.74, 6) is 0.0484. The monoisotopic (exact) mass is 419 g/mol. The number of benzene rings is 3. The van der Waals surface area contributed by atoms with Crippen molar-refractivity contribution >= 4 is 38.0 Å². The lowest BCUT2D eigenvalue weighted by molar-refractivity contribution is 0.457. The Morgan fingerprint density at radius 1 is 0.933 bits per heavy atom. The largest absolute Gasteiger partial charge is 0.494 e. The summed E-state index contributed by atoms with van der Waals surface area (Å²) in [7, 11) is -1.83. The Morgan fingerprint density at radius 3 is 2.23 bits per heavy atom. The Kier molecular flexibility index (Phi) is 5.05. The lowest BCUT2D eigenvalue weighted by Gasteiger charge is -2.16. The average Bonchev–Trinajstić information content (AvgIpc) is 3.07. The molecule has 0 spiro atoms. The summed E-state index contributed by atoms with van der Waals surface area (Å²) in [6.45, 7) is 0. The van der Waals surface area contributed by atoms with E-state index in [1.165, 1.54) is 11.4 Å². The molecule has 6 nitrogen and oxygen atoms in total. The first-order valence-corrected chi connectivity index (χ1v) is 11.2. The highest BCUT2D eigenvalue weighted by atomic mass is 32.2. The van der Waals surface area contributed by atoms with Gasteiger partial charge >= 0.3 is 0 Å². The topological polar surface area (TPSA) is 85.8 Å². The standard InChI is InChI=1S/C23H21N3O3S/c1-26(30(2,28)29)18-14-12-17(13-15-18)24-22(16-8-4-3-5-9-16)21-19-10-6-7-11-20(19)25-23(21)27/h3-15,25,27H,1-2H3. The van der Waals surface area contributed by atoms with E-state index >= 15 is 0 Å². The second-order valence-corrected chi connectivity index (χ2v) is 8.98. The molecule has 1 heterocycles. The molecule has 0 atom stereocenters. The maximum Gasteiger partial charge on any atom is 0.231 e. The molecule has 0 radical (unpaired) electrons. The van der Waals surface area contributed by atoms with Crippen LogP contribution in [0.1, 0.15) is 11.1 Å². The quantitative estimate of drug-likeness (QED) is 0.469. The van der Waals surface area contributed by atoms with Crippen LogP contribution in [-0.2, 0) is 10.0 Å². The molecule has 30 heavy (non-hydrogen) atoms. The second kappa shape index (κ2) is 7.68. The number of H-pyrrole nitrogens is 1. The number of aromatic nitrogens is 1. The van der Waals surface area contributed by atoms with Gasteiger partial charge in [0.15, 0.2) is 5.88 Å². The zero-order valence-electron chi connectivity index (χ0n) is 16.6. The van der Waals surface area contributed by atoms with E-state index in [2.05, 4.69) is 4.98 Å². The Bertz CT molecular complexity index is 1330. The molecule has 152 valence electrons. The number of nitrogens with zero attached hydrogens (tertiary/aromatic N) is 2. The summed E-state index contributed by atoms with van der Waals surface area (Å²) in [5.41, 5.74) is 4.11. The van der Waals surface area contributed by atoms with E-state index in [4.69, 9.17) is 4.99 Å². The first-order valence-electron chi connectivity index (χ1n) is 9.33. The average molecular weight is 420 g/mol. The van der Waals surface area contributed by atoms with Crippen LogP contribution in [0.2, 0.25) is 0 Å². The number of para-hydroxylation sites is 1. The molecule has 2 N–H and O–H groups in total. The van der Waals surface area contributed by atoms with E-state index in [0.29, 0.717) is 22.6 Å². The van der Waals surface area contributed by atoms with Gasteiger partial charge in [-0.1, -0.05) is 48.5 Å². The van der Waals surface area contributed by atoms with Gasteiger partial charge in [0.1, 0.15) is 0 Å². The number of nitrogens with one attached hydrogen (secondary N) is 1. The van der Waals surface area contributed by atoms with Gasteiger partial charge in [0.25, 0.3) is 0 Å². The normalized spacial score (nSPS) is 12.3. The van der Waals surface area contributed by atoms with Crippen molar-refractivity contribution in [3.8, 4) is 5.88 Å². The van der Waals surface area contributed by atoms with E-state index in [1.807, 2.05) is 54.6 Å². The second-order valence-electron chi connectivity index (χ2n) is 6.97. The van der Waals surface area contributed by atoms with Crippen molar-refractivity contribution in [2.24, 2.45) is 4.99 Å². The highest BCUT2D eigenvalue weighted by Gasteiger charge is 2.18. The van der Waals surface area contributed by atoms with E-state index in [0.717, 1.165) is 22.7 Å². The molecule has 0 unspecified atom stereocenters. The van der Waals surface area contributed by atoms with Gasteiger partial charge in [-0.25, -0.2) is 13.4 Å². The summed E-state index contributed by atoms with van der Waals surface area (Å²) in [6, 6.07) is 24.2. The van der Waals surface area contributed by atoms with E-state index in [-0.39, 0.29) is 5.88 Å². The Hall–Kier alpha value is -3.58. The van der Waals surface area contributed by atoms with Gasteiger partial charge in [0, 0.05) is 23.5 Å². The molecule has 3 aromatic carbocycles. The Balaban J connectivity index is 1.85. The first-order chi connectivity index (χ1) is 14.3. The third kappa shape index (κ3) is 3.79. The molecule has 1 aromatic heterocycles. The predicted octanol–water partition coefficient (Wildman–Crippen LogP) is 4.44. The summed E-state index contributed by atoms with van der Waals surface area (Å²) >= 11 is 0. The van der Waals surface area contributed by atoms with Crippen LogP contribution in [0.15, 0.2) is 83.9 Å². The van der Waals surface area contributed by atoms with Gasteiger partial charge in [0.2, 0.25) is 10.0 Å². The fourth-order valence-corrected chi connectivity index (χ4v) is 3.79. The Morgan fingerprint density at radius 2 is 1.57 bits per heavy atom. The van der Waals surface area contributed by atoms with Crippen molar-refractivity contribution in [1.29, 1.82) is 0 Å². The number of aliphatic imine (C=N–C) groups is 1. The first kappa shape index (κ1) is 19.7. The van der Waals surface area contributed by atoms with Gasteiger partial charge in [-0.2, -0.15) is 0 Å². The van der Waals surface area contributed by atoms with Crippen molar-refractivity contribution < 1.29 is 13.5 Å². The van der Waals surface area contributed by atoms with Crippen LogP contribution in [0.4, 0.5) is 11.4 Å². The summed E-state index contributed by atoms with van der Waals surface area (Å²) < 4.78 is 24.7. The van der Waals surface area contributed by atoms with Crippen molar-refractivity contribution in [3.05, 3.63) is 90.0 Å². The predicted molar refractivity (Wildman–Crippen MR) is 121 cm³/mol. The van der Waals surface area contributed by atoms with Crippen molar-refractivity contribution in [3.63, 3.8) is 0 Å². The van der Waals surface area contributed by atoms with Crippen LogP contribution in [-0.4, -0.2) is 37.5 Å². The number of sulfonamides is 1. The molecular formula is C23H21N3O3S. The zero-order chi connectivity index (χ0) is 21.3. The molecule has 0 bridgehead atoms. The van der Waals surface area contributed by atoms with Gasteiger partial charge in [-0.3, -0.25) is 4.31 Å². The van der Waals surface area contributed by atoms with Crippen LogP contribution in [0.25, 0.3) is 10.9 Å². The number of rotatable bonds is 5. The molecule has 0 aliphatic heterocycles. The lowest BCUT2D eigenvalue weighted by Crippen LogP contribution is -2.24. The van der Waals surface area contributed by atoms with Crippen LogP contribution in [0, 0.1) is 0 Å². The molecule has 0 saturated carbocycles. The molecule has 0 fully saturated rings. The summed E-state index contributed by atoms with van der Waals surface area (Å²) in [4.78, 5) is 7.82. The molecule has 0 saturated heterocycles. The van der Waals surface area contributed by atoms with Crippen molar-refractivity contribution in [2.75, 3.05) is 17.6 Å². The number of hydrogen-bond donors (Lipinski definition) is 2. The zero-order valence-corrected chi connectivity index (χ0v) is 17.4. The number of fused-ring (bicyclic) bond motifs is 1. The minimum atomic E-state index is -3.34. The number of anilines is 1. The van der Waals surface area contributed by atoms with Crippen LogP contribution < -0.4 is 4.31 Å². The lowest BCUT2D eigenvalue weighted by atomic mass is 10.0. The van der Waals surface area contributed by atoms with E-state index in [9.17, 15) is 13.5 Å². The molecule has 0 aliphatic carbocycles. The molecular weight excluding hydrogens is 398 g/mol. The SMILES string of the molecule is CN(c1ccc(N=C(c2ccccc2)c2c(O)[nH]c3ccccc23)cc1)S(C)(=O)=O. The van der Waals surface area contributed by atoms with Crippen LogP contribution >= 0.6 is 0 Å². The maximum absolute atomic E-state index is 11.8. The van der Waals surface area contributed by atoms with Gasteiger partial charge in [-0.05, 0) is 30.3 Å². The third-order valence-corrected chi connectivity index (χ3v) is 6.13. The van der Waals surface area contributed by atoms with Crippen molar-refractivity contribution in [1.82, 2.24) is 4.98 Å². The van der Waals surface area contributed by atoms with Gasteiger partial charge < -0.3 is 10.1 Å². The molecule has 7 heteroatoms.